The minimum atomic E-state index is -2.93. The van der Waals surface area contributed by atoms with Gasteiger partial charge >= 0.3 is 12.3 Å². The summed E-state index contributed by atoms with van der Waals surface area (Å²) in [5.74, 6) is -0.484. The number of nitrogens with zero attached hydrogens (tertiary/aromatic N) is 4. The number of benzene rings is 1. The normalized spacial score (nSPS) is 12.3. The van der Waals surface area contributed by atoms with E-state index in [1.54, 1.807) is 0 Å². The first-order chi connectivity index (χ1) is 12.7. The topological polar surface area (TPSA) is 112 Å². The molecule has 2 heterocycles. The molecule has 0 saturated heterocycles. The van der Waals surface area contributed by atoms with E-state index in [1.165, 1.54) is 42.9 Å². The number of thiazole rings is 1. The zero-order chi connectivity index (χ0) is 19.7. The molecule has 3 rings (SSSR count). The van der Waals surface area contributed by atoms with Crippen molar-refractivity contribution in [2.45, 2.75) is 26.5 Å². The fraction of sp³-hybridized carbons (Fsp3) is 0.267. The Labute approximate surface area is 154 Å². The van der Waals surface area contributed by atoms with Gasteiger partial charge in [-0.15, -0.1) is 0 Å². The molecule has 0 bridgehead atoms. The number of ether oxygens (including phenoxy) is 1. The molecule has 9 nitrogen and oxygen atoms in total. The van der Waals surface area contributed by atoms with Gasteiger partial charge in [0.1, 0.15) is 23.7 Å². The van der Waals surface area contributed by atoms with Crippen LogP contribution in [0.3, 0.4) is 0 Å². The zero-order valence-corrected chi connectivity index (χ0v) is 14.9. The van der Waals surface area contributed by atoms with Crippen LogP contribution in [-0.2, 0) is 4.79 Å². The summed E-state index contributed by atoms with van der Waals surface area (Å²) in [6, 6.07) is 3.44. The maximum Gasteiger partial charge on any atom is 0.387 e. The van der Waals surface area contributed by atoms with Crippen LogP contribution in [-0.4, -0.2) is 32.2 Å². The van der Waals surface area contributed by atoms with Crippen LogP contribution in [0.2, 0.25) is 0 Å². The third-order valence-corrected chi connectivity index (χ3v) is 4.61. The number of rotatable bonds is 6. The van der Waals surface area contributed by atoms with Gasteiger partial charge in [0.15, 0.2) is 5.13 Å². The smallest absolute Gasteiger partial charge is 0.387 e. The van der Waals surface area contributed by atoms with Crippen molar-refractivity contribution in [1.29, 1.82) is 0 Å². The predicted molar refractivity (Wildman–Crippen MR) is 93.2 cm³/mol. The molecule has 1 amide bonds. The van der Waals surface area contributed by atoms with Gasteiger partial charge < -0.3 is 10.1 Å². The molecule has 0 radical (unpaired) electrons. The lowest BCUT2D eigenvalue weighted by atomic mass is 10.3. The molecule has 0 aliphatic rings. The van der Waals surface area contributed by atoms with E-state index in [4.69, 9.17) is 0 Å². The molecule has 27 heavy (non-hydrogen) atoms. The fourth-order valence-corrected chi connectivity index (χ4v) is 3.21. The second kappa shape index (κ2) is 7.23. The minimum absolute atomic E-state index is 0.00767. The van der Waals surface area contributed by atoms with E-state index < -0.39 is 23.5 Å². The van der Waals surface area contributed by atoms with E-state index in [0.29, 0.717) is 10.2 Å². The van der Waals surface area contributed by atoms with Crippen LogP contribution in [0, 0.1) is 17.0 Å². The van der Waals surface area contributed by atoms with Crippen LogP contribution in [0.25, 0.3) is 10.2 Å². The highest BCUT2D eigenvalue weighted by Crippen LogP contribution is 2.30. The molecule has 2 aromatic heterocycles. The molecular weight excluding hydrogens is 384 g/mol. The summed E-state index contributed by atoms with van der Waals surface area (Å²) in [5, 5.41) is 17.7. The van der Waals surface area contributed by atoms with Crippen molar-refractivity contribution in [3.05, 3.63) is 40.2 Å². The van der Waals surface area contributed by atoms with E-state index >= 15 is 0 Å². The highest BCUT2D eigenvalue weighted by molar-refractivity contribution is 7.22. The summed E-state index contributed by atoms with van der Waals surface area (Å²) in [7, 11) is 0. The lowest BCUT2D eigenvalue weighted by molar-refractivity contribution is -0.385. The van der Waals surface area contributed by atoms with Gasteiger partial charge in [-0.2, -0.15) is 13.9 Å². The summed E-state index contributed by atoms with van der Waals surface area (Å²) < 4.78 is 30.7. The first kappa shape index (κ1) is 18.6. The summed E-state index contributed by atoms with van der Waals surface area (Å²) in [5.41, 5.74) is 0.530. The first-order valence-electron chi connectivity index (χ1n) is 7.61. The number of carbonyl (C=O) groups is 1. The Morgan fingerprint density at radius 1 is 1.44 bits per heavy atom. The molecule has 1 unspecified atom stereocenters. The van der Waals surface area contributed by atoms with Gasteiger partial charge in [-0.3, -0.25) is 19.6 Å². The molecule has 12 heteroatoms. The molecule has 0 spiro atoms. The molecule has 1 N–H and O–H groups in total. The number of nitrogens with one attached hydrogen (secondary N) is 1. The van der Waals surface area contributed by atoms with Crippen LogP contribution in [0.1, 0.15) is 18.7 Å². The number of fused-ring (bicyclic) bond motifs is 1. The monoisotopic (exact) mass is 397 g/mol. The number of hydrogen-bond donors (Lipinski definition) is 1. The van der Waals surface area contributed by atoms with Crippen LogP contribution in [0.5, 0.6) is 5.75 Å². The number of nitro groups is 1. The number of aryl methyl sites for hydroxylation is 1. The van der Waals surface area contributed by atoms with Gasteiger partial charge in [0.05, 0.1) is 15.1 Å². The van der Waals surface area contributed by atoms with Crippen molar-refractivity contribution in [2.75, 3.05) is 5.32 Å². The highest BCUT2D eigenvalue weighted by Gasteiger charge is 2.23. The number of aromatic nitrogens is 3. The van der Waals surface area contributed by atoms with Gasteiger partial charge in [-0.1, -0.05) is 11.3 Å². The molecule has 1 aromatic carbocycles. The number of anilines is 1. The van der Waals surface area contributed by atoms with Gasteiger partial charge in [0.2, 0.25) is 0 Å². The second-order valence-corrected chi connectivity index (χ2v) is 6.56. The Hall–Kier alpha value is -3.15. The Balaban J connectivity index is 1.76. The molecule has 0 aliphatic carbocycles. The number of amides is 1. The van der Waals surface area contributed by atoms with Crippen molar-refractivity contribution < 1.29 is 23.2 Å². The van der Waals surface area contributed by atoms with E-state index in [9.17, 15) is 23.7 Å². The summed E-state index contributed by atoms with van der Waals surface area (Å²) in [4.78, 5) is 26.9. The molecule has 142 valence electrons. The third-order valence-electron chi connectivity index (χ3n) is 3.68. The van der Waals surface area contributed by atoms with Crippen LogP contribution < -0.4 is 10.1 Å². The van der Waals surface area contributed by atoms with Gasteiger partial charge in [0.25, 0.3) is 5.91 Å². The second-order valence-electron chi connectivity index (χ2n) is 5.53. The summed E-state index contributed by atoms with van der Waals surface area (Å²) in [6.45, 7) is 0.0798. The third kappa shape index (κ3) is 4.00. The lowest BCUT2D eigenvalue weighted by Crippen LogP contribution is -2.24. The van der Waals surface area contributed by atoms with E-state index in [1.807, 2.05) is 0 Å². The predicted octanol–water partition coefficient (Wildman–Crippen LogP) is 3.51. The number of carbonyl (C=O) groups excluding carboxylic acids is 1. The molecule has 0 saturated carbocycles. The SMILES string of the molecule is Cc1nn(C(C)C(=O)Nc2nc3ccc(OC(F)F)cc3s2)cc1[N+](=O)[O-]. The van der Waals surface area contributed by atoms with Gasteiger partial charge in [-0.25, -0.2) is 4.98 Å². The Morgan fingerprint density at radius 3 is 2.81 bits per heavy atom. The Kier molecular flexibility index (Phi) is 4.99. The first-order valence-corrected chi connectivity index (χ1v) is 8.42. The van der Waals surface area contributed by atoms with Crippen molar-refractivity contribution in [2.24, 2.45) is 0 Å². The maximum absolute atomic E-state index is 12.4. The Bertz CT molecular complexity index is 1020. The zero-order valence-electron chi connectivity index (χ0n) is 14.1. The minimum Gasteiger partial charge on any atom is -0.435 e. The van der Waals surface area contributed by atoms with Gasteiger partial charge in [0, 0.05) is 0 Å². The highest BCUT2D eigenvalue weighted by atomic mass is 32.1. The summed E-state index contributed by atoms with van der Waals surface area (Å²) >= 11 is 1.09. The van der Waals surface area contributed by atoms with Crippen LogP contribution in [0.15, 0.2) is 24.4 Å². The quantitative estimate of drug-likeness (QED) is 0.503. The van der Waals surface area contributed by atoms with Crippen molar-refractivity contribution in [3.8, 4) is 5.75 Å². The van der Waals surface area contributed by atoms with Crippen molar-refractivity contribution in [1.82, 2.24) is 14.8 Å². The summed E-state index contributed by atoms with van der Waals surface area (Å²) in [6.07, 6.45) is 1.19. The van der Waals surface area contributed by atoms with Crippen molar-refractivity contribution >= 4 is 38.3 Å². The van der Waals surface area contributed by atoms with E-state index in [2.05, 4.69) is 20.1 Å². The van der Waals surface area contributed by atoms with E-state index in [0.717, 1.165) is 11.3 Å². The van der Waals surface area contributed by atoms with E-state index in [-0.39, 0.29) is 22.3 Å². The average molecular weight is 397 g/mol. The molecule has 1 atom stereocenters. The lowest BCUT2D eigenvalue weighted by Gasteiger charge is -2.10. The van der Waals surface area contributed by atoms with Crippen molar-refractivity contribution in [3.63, 3.8) is 0 Å². The number of alkyl halides is 2. The largest absolute Gasteiger partial charge is 0.435 e. The molecule has 0 fully saturated rings. The average Bonchev–Trinajstić information content (AvgIpc) is 3.16. The maximum atomic E-state index is 12.4. The van der Waals surface area contributed by atoms with Crippen LogP contribution in [0.4, 0.5) is 19.6 Å². The molecule has 0 aliphatic heterocycles. The molecular formula is C15H13F2N5O4S. The van der Waals surface area contributed by atoms with Gasteiger partial charge in [-0.05, 0) is 32.0 Å². The molecule has 3 aromatic rings. The fourth-order valence-electron chi connectivity index (χ4n) is 2.31. The Morgan fingerprint density at radius 2 is 2.19 bits per heavy atom. The van der Waals surface area contributed by atoms with Crippen LogP contribution >= 0.6 is 11.3 Å². The number of hydrogen-bond acceptors (Lipinski definition) is 7. The standard InChI is InChI=1S/C15H13F2N5O4S/c1-7-11(22(24)25)6-21(20-7)8(2)13(23)19-15-18-10-4-3-9(26-14(16)17)5-12(10)27-15/h3-6,8,14H,1-2H3,(H,18,19,23). The number of halogens is 2.